The Labute approximate surface area is 123 Å². The van der Waals surface area contributed by atoms with E-state index in [0.29, 0.717) is 18.0 Å². The zero-order chi connectivity index (χ0) is 14.4. The molecule has 0 aliphatic carbocycles. The van der Waals surface area contributed by atoms with Crippen LogP contribution in [0, 0.1) is 0 Å². The monoisotopic (exact) mass is 311 g/mol. The Balaban J connectivity index is 1.88. The number of sulfonamides is 1. The first-order valence-electron chi connectivity index (χ1n) is 6.01. The molecule has 20 heavy (non-hydrogen) atoms. The fraction of sp³-hybridized carbons (Fsp3) is 0.143. The summed E-state index contributed by atoms with van der Waals surface area (Å²) < 4.78 is 31.1. The van der Waals surface area contributed by atoms with Crippen molar-refractivity contribution >= 4 is 27.7 Å². The number of halogens is 1. The summed E-state index contributed by atoms with van der Waals surface area (Å²) in [5, 5.41) is 1.75. The molecule has 0 aliphatic rings. The summed E-state index contributed by atoms with van der Waals surface area (Å²) in [5.41, 5.74) is 0.769. The van der Waals surface area contributed by atoms with Gasteiger partial charge in [-0.25, -0.2) is 13.1 Å². The van der Waals surface area contributed by atoms with Crippen molar-refractivity contribution in [2.45, 2.75) is 6.42 Å². The molecule has 0 unspecified atom stereocenters. The summed E-state index contributed by atoms with van der Waals surface area (Å²) in [5.74, 6) is 0.745. The van der Waals surface area contributed by atoms with Gasteiger partial charge < -0.3 is 4.42 Å². The minimum absolute atomic E-state index is 0.292. The van der Waals surface area contributed by atoms with Gasteiger partial charge in [-0.1, -0.05) is 23.7 Å². The van der Waals surface area contributed by atoms with E-state index in [1.807, 2.05) is 0 Å². The van der Waals surface area contributed by atoms with Crippen LogP contribution in [-0.4, -0.2) is 15.0 Å². The average molecular weight is 312 g/mol. The molecule has 0 radical (unpaired) electrons. The van der Waals surface area contributed by atoms with Gasteiger partial charge in [0.25, 0.3) is 0 Å². The van der Waals surface area contributed by atoms with Crippen LogP contribution in [0.25, 0.3) is 6.08 Å². The molecule has 6 heteroatoms. The van der Waals surface area contributed by atoms with Gasteiger partial charge in [0, 0.05) is 23.4 Å². The summed E-state index contributed by atoms with van der Waals surface area (Å²) in [6, 6.07) is 10.5. The number of furan rings is 1. The van der Waals surface area contributed by atoms with Crippen LogP contribution in [0.15, 0.2) is 52.5 Å². The summed E-state index contributed by atoms with van der Waals surface area (Å²) in [6.45, 7) is 0.292. The number of rotatable bonds is 6. The first-order chi connectivity index (χ1) is 9.55. The number of hydrogen-bond acceptors (Lipinski definition) is 3. The fourth-order valence-corrected chi connectivity index (χ4v) is 2.51. The largest absolute Gasteiger partial charge is 0.469 e. The van der Waals surface area contributed by atoms with Crippen LogP contribution in [0.1, 0.15) is 11.3 Å². The molecule has 2 rings (SSSR count). The number of nitrogens with one attached hydrogen (secondary N) is 1. The van der Waals surface area contributed by atoms with Gasteiger partial charge in [-0.3, -0.25) is 0 Å². The summed E-state index contributed by atoms with van der Waals surface area (Å²) in [6.07, 6.45) is 3.59. The highest BCUT2D eigenvalue weighted by atomic mass is 35.5. The summed E-state index contributed by atoms with van der Waals surface area (Å²) in [4.78, 5) is 0. The van der Waals surface area contributed by atoms with Crippen LogP contribution in [0.3, 0.4) is 0 Å². The van der Waals surface area contributed by atoms with Crippen LogP contribution in [0.2, 0.25) is 5.02 Å². The molecule has 1 aromatic heterocycles. The predicted molar refractivity (Wildman–Crippen MR) is 79.8 cm³/mol. The third-order valence-electron chi connectivity index (χ3n) is 2.56. The lowest BCUT2D eigenvalue weighted by Gasteiger charge is -2.01. The van der Waals surface area contributed by atoms with Crippen LogP contribution in [0.4, 0.5) is 0 Å². The molecule has 1 heterocycles. The van der Waals surface area contributed by atoms with E-state index in [1.165, 1.54) is 6.08 Å². The van der Waals surface area contributed by atoms with Crippen molar-refractivity contribution in [3.05, 3.63) is 64.4 Å². The highest BCUT2D eigenvalue weighted by Crippen LogP contribution is 2.11. The maximum absolute atomic E-state index is 11.7. The summed E-state index contributed by atoms with van der Waals surface area (Å²) >= 11 is 5.76. The second-order valence-corrected chi connectivity index (χ2v) is 6.21. The fourth-order valence-electron chi connectivity index (χ4n) is 1.56. The van der Waals surface area contributed by atoms with Gasteiger partial charge in [-0.15, -0.1) is 0 Å². The van der Waals surface area contributed by atoms with E-state index in [4.69, 9.17) is 16.0 Å². The molecule has 0 saturated carbocycles. The first-order valence-corrected chi connectivity index (χ1v) is 7.93. The Morgan fingerprint density at radius 1 is 1.20 bits per heavy atom. The molecule has 0 bridgehead atoms. The van der Waals surface area contributed by atoms with E-state index >= 15 is 0 Å². The minimum atomic E-state index is -3.45. The van der Waals surface area contributed by atoms with E-state index in [2.05, 4.69) is 4.72 Å². The molecule has 0 saturated heterocycles. The minimum Gasteiger partial charge on any atom is -0.469 e. The third kappa shape index (κ3) is 4.85. The second-order valence-electron chi connectivity index (χ2n) is 4.12. The van der Waals surface area contributed by atoms with Crippen LogP contribution in [0.5, 0.6) is 0 Å². The van der Waals surface area contributed by atoms with E-state index in [1.54, 1.807) is 42.7 Å². The molecule has 0 atom stereocenters. The molecule has 0 amide bonds. The first kappa shape index (κ1) is 14.8. The van der Waals surface area contributed by atoms with Gasteiger partial charge >= 0.3 is 0 Å². The molecule has 1 N–H and O–H groups in total. The van der Waals surface area contributed by atoms with Gasteiger partial charge in [0.1, 0.15) is 5.76 Å². The summed E-state index contributed by atoms with van der Waals surface area (Å²) in [7, 11) is -3.45. The highest BCUT2D eigenvalue weighted by molar-refractivity contribution is 7.92. The predicted octanol–water partition coefficient (Wildman–Crippen LogP) is 3.07. The van der Waals surface area contributed by atoms with E-state index in [-0.39, 0.29) is 0 Å². The van der Waals surface area contributed by atoms with Crippen molar-refractivity contribution in [3.63, 3.8) is 0 Å². The standard InChI is InChI=1S/C14H14ClNO3S/c15-13-5-3-12(4-6-13)8-11-20(17,18)16-9-7-14-2-1-10-19-14/h1-6,8,10-11,16H,7,9H2. The maximum Gasteiger partial charge on any atom is 0.233 e. The zero-order valence-corrected chi connectivity index (χ0v) is 12.2. The van der Waals surface area contributed by atoms with Gasteiger partial charge in [-0.05, 0) is 35.9 Å². The Morgan fingerprint density at radius 2 is 1.95 bits per heavy atom. The normalized spacial score (nSPS) is 12.1. The lowest BCUT2D eigenvalue weighted by Crippen LogP contribution is -2.23. The molecular weight excluding hydrogens is 298 g/mol. The molecule has 0 spiro atoms. The Kier molecular flexibility index (Phi) is 5.00. The van der Waals surface area contributed by atoms with Crippen molar-refractivity contribution in [1.29, 1.82) is 0 Å². The van der Waals surface area contributed by atoms with Crippen LogP contribution >= 0.6 is 11.6 Å². The number of benzene rings is 1. The quantitative estimate of drug-likeness (QED) is 0.892. The molecule has 2 aromatic rings. The van der Waals surface area contributed by atoms with Crippen molar-refractivity contribution in [1.82, 2.24) is 4.72 Å². The molecule has 0 aliphatic heterocycles. The average Bonchev–Trinajstić information content (AvgIpc) is 2.91. The van der Waals surface area contributed by atoms with Gasteiger partial charge in [0.15, 0.2) is 0 Å². The Bertz CT molecular complexity index is 661. The van der Waals surface area contributed by atoms with Gasteiger partial charge in [-0.2, -0.15) is 0 Å². The molecule has 1 aromatic carbocycles. The molecular formula is C14H14ClNO3S. The van der Waals surface area contributed by atoms with E-state index in [9.17, 15) is 8.42 Å². The van der Waals surface area contributed by atoms with Gasteiger partial charge in [0.05, 0.1) is 6.26 Å². The molecule has 106 valence electrons. The number of hydrogen-bond donors (Lipinski definition) is 1. The van der Waals surface area contributed by atoms with Crippen LogP contribution in [-0.2, 0) is 16.4 Å². The van der Waals surface area contributed by atoms with Gasteiger partial charge in [0.2, 0.25) is 10.0 Å². The molecule has 4 nitrogen and oxygen atoms in total. The van der Waals surface area contributed by atoms with Crippen molar-refractivity contribution in [2.24, 2.45) is 0 Å². The lowest BCUT2D eigenvalue weighted by molar-refractivity contribution is 0.506. The third-order valence-corrected chi connectivity index (χ3v) is 3.92. The van der Waals surface area contributed by atoms with Crippen LogP contribution < -0.4 is 4.72 Å². The smallest absolute Gasteiger partial charge is 0.233 e. The van der Waals surface area contributed by atoms with E-state index in [0.717, 1.165) is 16.7 Å². The second kappa shape index (κ2) is 6.74. The maximum atomic E-state index is 11.7. The van der Waals surface area contributed by atoms with Crippen molar-refractivity contribution in [2.75, 3.05) is 6.54 Å². The lowest BCUT2D eigenvalue weighted by atomic mass is 10.2. The van der Waals surface area contributed by atoms with E-state index < -0.39 is 10.0 Å². The van der Waals surface area contributed by atoms with Crippen molar-refractivity contribution in [3.8, 4) is 0 Å². The SMILES string of the molecule is O=S(=O)(C=Cc1ccc(Cl)cc1)NCCc1ccco1. The zero-order valence-electron chi connectivity index (χ0n) is 10.6. The Hall–Kier alpha value is -1.56. The Morgan fingerprint density at radius 3 is 2.60 bits per heavy atom. The molecule has 0 fully saturated rings. The topological polar surface area (TPSA) is 59.3 Å². The highest BCUT2D eigenvalue weighted by Gasteiger charge is 2.05. The van der Waals surface area contributed by atoms with Crippen molar-refractivity contribution < 1.29 is 12.8 Å².